The van der Waals surface area contributed by atoms with Crippen LogP contribution < -0.4 is 10.2 Å². The number of aromatic amines is 1. The first-order valence-electron chi connectivity index (χ1n) is 15.7. The van der Waals surface area contributed by atoms with Crippen LogP contribution in [0, 0.1) is 0 Å². The number of hydrogen-bond acceptors (Lipinski definition) is 9. The summed E-state index contributed by atoms with van der Waals surface area (Å²) in [4.78, 5) is 49.9. The van der Waals surface area contributed by atoms with Crippen molar-refractivity contribution in [3.63, 3.8) is 0 Å². The lowest BCUT2D eigenvalue weighted by molar-refractivity contribution is -0.159. The molecule has 4 rings (SSSR count). The van der Waals surface area contributed by atoms with Gasteiger partial charge in [0, 0.05) is 26.2 Å². The predicted molar refractivity (Wildman–Crippen MR) is 183 cm³/mol. The van der Waals surface area contributed by atoms with Gasteiger partial charge in [-0.25, -0.2) is 9.59 Å². The number of aromatic hydroxyl groups is 1. The second-order valence-electron chi connectivity index (χ2n) is 10.7. The molecule has 0 fully saturated rings. The molecule has 0 spiro atoms. The number of benzene rings is 3. The van der Waals surface area contributed by atoms with Gasteiger partial charge in [-0.3, -0.25) is 9.59 Å². The molecule has 0 aliphatic heterocycles. The van der Waals surface area contributed by atoms with E-state index in [2.05, 4.69) is 71.5 Å². The fraction of sp³-hybridized carbons (Fsp3) is 0.412. The van der Waals surface area contributed by atoms with Gasteiger partial charge >= 0.3 is 16.8 Å². The molecule has 1 amide bonds. The predicted octanol–water partition coefficient (Wildman–Crippen LogP) is 3.56. The Bertz CT molecular complexity index is 1650. The molecule has 12 nitrogen and oxygen atoms in total. The van der Waals surface area contributed by atoms with Gasteiger partial charge in [-0.2, -0.15) is 0 Å². The number of nitrogens with one attached hydrogen (secondary N) is 2. The van der Waals surface area contributed by atoms with Gasteiger partial charge in [0.2, 0.25) is 5.91 Å². The third-order valence-corrected chi connectivity index (χ3v) is 8.70. The quantitative estimate of drug-likeness (QED) is 0.0828. The van der Waals surface area contributed by atoms with Gasteiger partial charge in [0.15, 0.2) is 0 Å². The Morgan fingerprint density at radius 2 is 1.57 bits per heavy atom. The van der Waals surface area contributed by atoms with E-state index < -0.39 is 11.9 Å². The monoisotopic (exact) mass is 668 g/mol. The van der Waals surface area contributed by atoms with E-state index in [0.29, 0.717) is 51.3 Å². The average Bonchev–Trinajstić information content (AvgIpc) is 3.47. The van der Waals surface area contributed by atoms with E-state index in [1.165, 1.54) is 16.3 Å². The summed E-state index contributed by atoms with van der Waals surface area (Å²) in [5.74, 6) is -3.44. The Hall–Kier alpha value is -4.30. The van der Waals surface area contributed by atoms with Gasteiger partial charge in [-0.15, -0.1) is 0 Å². The van der Waals surface area contributed by atoms with Gasteiger partial charge in [-0.1, -0.05) is 73.7 Å². The first kappa shape index (κ1) is 37.2. The number of carbonyl (C=O) groups is 3. The van der Waals surface area contributed by atoms with Gasteiger partial charge in [-0.05, 0) is 60.4 Å². The summed E-state index contributed by atoms with van der Waals surface area (Å²) in [5, 5.41) is 30.7. The van der Waals surface area contributed by atoms with E-state index in [0.717, 1.165) is 54.1 Å². The van der Waals surface area contributed by atoms with Crippen molar-refractivity contribution in [1.82, 2.24) is 20.1 Å². The van der Waals surface area contributed by atoms with E-state index in [1.807, 2.05) is 11.0 Å². The molecule has 4 aromatic rings. The number of fused-ring (bicyclic) bond motifs is 2. The molecule has 3 aromatic carbocycles. The van der Waals surface area contributed by atoms with E-state index in [1.54, 1.807) is 6.07 Å². The first-order chi connectivity index (χ1) is 22.6. The van der Waals surface area contributed by atoms with Crippen LogP contribution in [-0.2, 0) is 32.0 Å². The molecule has 0 saturated heterocycles. The number of rotatable bonds is 17. The molecule has 0 aliphatic carbocycles. The Morgan fingerprint density at radius 1 is 0.851 bits per heavy atom. The second kappa shape index (κ2) is 19.4. The van der Waals surface area contributed by atoms with Crippen molar-refractivity contribution in [3.05, 3.63) is 75.4 Å². The number of amides is 1. The van der Waals surface area contributed by atoms with Crippen molar-refractivity contribution in [3.8, 4) is 5.75 Å². The number of phenols is 1. The zero-order valence-electron chi connectivity index (χ0n) is 26.9. The van der Waals surface area contributed by atoms with Crippen LogP contribution in [0.5, 0.6) is 5.75 Å². The Balaban J connectivity index is 0.000000913. The van der Waals surface area contributed by atoms with Crippen molar-refractivity contribution < 1.29 is 34.4 Å². The zero-order chi connectivity index (χ0) is 34.2. The number of aromatic nitrogens is 1. The minimum atomic E-state index is -1.82. The fourth-order valence-corrected chi connectivity index (χ4v) is 6.00. The summed E-state index contributed by atoms with van der Waals surface area (Å²) in [6.07, 6.45) is 1.91. The zero-order valence-corrected chi connectivity index (χ0v) is 27.7. The molecule has 0 saturated carbocycles. The topological polar surface area (TPSA) is 172 Å². The standard InChI is InChI=1S/C32H42N4O4S.C2H2O4/c1-3-35(4-2)20-21-36(19-18-33-17-14-26-12-13-28(37)30-31(26)41-32(39)34-30)29(38)16-23-40-22-15-25-10-7-9-24-8-5-6-11-27(24)25;3-1(4)2(5)6/h5-13,33,37H,3-4,14-23H2,1-2H3,(H,34,39);(H,3,4)(H,5,6). The molecule has 254 valence electrons. The highest BCUT2D eigenvalue weighted by atomic mass is 32.1. The molecule has 1 aromatic heterocycles. The smallest absolute Gasteiger partial charge is 0.414 e. The molecule has 47 heavy (non-hydrogen) atoms. The highest BCUT2D eigenvalue weighted by Gasteiger charge is 2.15. The Morgan fingerprint density at radius 3 is 2.30 bits per heavy atom. The largest absolute Gasteiger partial charge is 0.506 e. The normalized spacial score (nSPS) is 11.0. The minimum absolute atomic E-state index is 0.0926. The molecule has 1 heterocycles. The van der Waals surface area contributed by atoms with Crippen molar-refractivity contribution in [1.29, 1.82) is 0 Å². The van der Waals surface area contributed by atoms with Crippen LogP contribution in [0.2, 0.25) is 0 Å². The van der Waals surface area contributed by atoms with Gasteiger partial charge in [0.1, 0.15) is 11.3 Å². The summed E-state index contributed by atoms with van der Waals surface area (Å²) in [6.45, 7) is 10.7. The van der Waals surface area contributed by atoms with Crippen molar-refractivity contribution >= 4 is 50.2 Å². The summed E-state index contributed by atoms with van der Waals surface area (Å²) >= 11 is 1.12. The summed E-state index contributed by atoms with van der Waals surface area (Å²) < 4.78 is 6.70. The lowest BCUT2D eigenvalue weighted by atomic mass is 10.0. The second-order valence-corrected chi connectivity index (χ2v) is 11.7. The molecule has 0 unspecified atom stereocenters. The van der Waals surface area contributed by atoms with E-state index >= 15 is 0 Å². The number of nitrogens with zero attached hydrogens (tertiary/aromatic N) is 2. The summed E-state index contributed by atoms with van der Waals surface area (Å²) in [6, 6.07) is 18.2. The molecule has 0 radical (unpaired) electrons. The van der Waals surface area contributed by atoms with Crippen LogP contribution in [0.4, 0.5) is 0 Å². The molecule has 0 bridgehead atoms. The summed E-state index contributed by atoms with van der Waals surface area (Å²) in [5.41, 5.74) is 2.79. The maximum Gasteiger partial charge on any atom is 0.414 e. The third-order valence-electron chi connectivity index (χ3n) is 7.74. The maximum atomic E-state index is 13.2. The number of H-pyrrole nitrogens is 1. The SMILES string of the molecule is CCN(CC)CCN(CCNCCc1ccc(O)c2[nH]c(=O)sc12)C(=O)CCOCCc1cccc2ccccc12.O=C(O)C(=O)O. The first-order valence-corrected chi connectivity index (χ1v) is 16.5. The number of carboxylic acids is 2. The van der Waals surface area contributed by atoms with Crippen LogP contribution in [-0.4, -0.2) is 107 Å². The number of thiazole rings is 1. The lowest BCUT2D eigenvalue weighted by Gasteiger charge is -2.27. The number of aliphatic carboxylic acids is 2. The van der Waals surface area contributed by atoms with Crippen LogP contribution in [0.3, 0.4) is 0 Å². The molecule has 0 atom stereocenters. The van der Waals surface area contributed by atoms with Gasteiger partial charge in [0.25, 0.3) is 0 Å². The van der Waals surface area contributed by atoms with Gasteiger partial charge in [0.05, 0.1) is 24.3 Å². The molecular formula is C34H44N4O8S. The van der Waals surface area contributed by atoms with Crippen LogP contribution in [0.15, 0.2) is 59.4 Å². The minimum Gasteiger partial charge on any atom is -0.506 e. The molecule has 0 aliphatic rings. The molecule has 13 heteroatoms. The fourth-order valence-electron chi connectivity index (χ4n) is 5.11. The van der Waals surface area contributed by atoms with E-state index in [9.17, 15) is 14.7 Å². The Kier molecular flexibility index (Phi) is 15.3. The lowest BCUT2D eigenvalue weighted by Crippen LogP contribution is -2.42. The highest BCUT2D eigenvalue weighted by Crippen LogP contribution is 2.27. The van der Waals surface area contributed by atoms with Crippen molar-refractivity contribution in [2.75, 3.05) is 59.0 Å². The van der Waals surface area contributed by atoms with Crippen molar-refractivity contribution in [2.24, 2.45) is 0 Å². The number of hydrogen-bond donors (Lipinski definition) is 5. The molecular weight excluding hydrogens is 624 g/mol. The van der Waals surface area contributed by atoms with Crippen molar-refractivity contribution in [2.45, 2.75) is 33.1 Å². The number of phenolic OH excluding ortho intramolecular Hbond substituents is 1. The number of carbonyl (C=O) groups excluding carboxylic acids is 1. The highest BCUT2D eigenvalue weighted by molar-refractivity contribution is 7.16. The maximum absolute atomic E-state index is 13.2. The van der Waals surface area contributed by atoms with Crippen LogP contribution >= 0.6 is 11.3 Å². The van der Waals surface area contributed by atoms with Crippen LogP contribution in [0.1, 0.15) is 31.4 Å². The Labute approximate surface area is 277 Å². The average molecular weight is 669 g/mol. The number of likely N-dealkylation sites (N-methyl/N-ethyl adjacent to an activating group) is 1. The van der Waals surface area contributed by atoms with Crippen LogP contribution in [0.25, 0.3) is 21.0 Å². The molecule has 5 N–H and O–H groups in total. The summed E-state index contributed by atoms with van der Waals surface area (Å²) in [7, 11) is 0. The third kappa shape index (κ3) is 11.8. The number of carboxylic acid groups (broad SMARTS) is 2. The van der Waals surface area contributed by atoms with E-state index in [-0.39, 0.29) is 16.5 Å². The van der Waals surface area contributed by atoms with E-state index in [4.69, 9.17) is 24.5 Å². The van der Waals surface area contributed by atoms with Gasteiger partial charge < -0.3 is 40.2 Å². The number of ether oxygens (including phenoxy) is 1.